The first-order valence-corrected chi connectivity index (χ1v) is 2.61. The fourth-order valence-corrected chi connectivity index (χ4v) is 0.363. The van der Waals surface area contributed by atoms with Crippen LogP contribution in [0.5, 0.6) is 0 Å². The van der Waals surface area contributed by atoms with E-state index < -0.39 is 0 Å². The average Bonchev–Trinajstić information content (AvgIpc) is 1.82. The van der Waals surface area contributed by atoms with E-state index in [0.29, 0.717) is 11.6 Å². The maximum absolute atomic E-state index is 4.78. The van der Waals surface area contributed by atoms with Crippen LogP contribution in [0.4, 0.5) is 0 Å². The predicted molar refractivity (Wildman–Crippen MR) is 39.5 cm³/mol. The largest absolute Gasteiger partial charge is 0.481 e. The van der Waals surface area contributed by atoms with E-state index in [-0.39, 0.29) is 0 Å². The van der Waals surface area contributed by atoms with Crippen LogP contribution >= 0.6 is 0 Å². The van der Waals surface area contributed by atoms with Crippen molar-refractivity contribution in [1.82, 2.24) is 0 Å². The van der Waals surface area contributed by atoms with Crippen LogP contribution in [0.3, 0.4) is 0 Å². The third kappa shape index (κ3) is 3.53. The van der Waals surface area contributed by atoms with Crippen LogP contribution in [0.25, 0.3) is 0 Å². The van der Waals surface area contributed by atoms with Gasteiger partial charge in [0.2, 0.25) is 5.90 Å². The second-order valence-electron chi connectivity index (χ2n) is 1.59. The molecule has 2 heteroatoms. The predicted octanol–water partition coefficient (Wildman–Crippen LogP) is 1.75. The Morgan fingerprint density at radius 1 is 1.67 bits per heavy atom. The van der Waals surface area contributed by atoms with Crippen molar-refractivity contribution in [3.05, 3.63) is 24.9 Å². The minimum Gasteiger partial charge on any atom is -0.481 e. The second-order valence-corrected chi connectivity index (χ2v) is 1.59. The first-order chi connectivity index (χ1) is 4.20. The standard InChI is InChI=1S/C7H11NO/c1-5-7(9-4)8-6(2)3/h5H,1-2H2,3-4H3. The van der Waals surface area contributed by atoms with Gasteiger partial charge in [-0.1, -0.05) is 13.2 Å². The minimum atomic E-state index is 0.502. The monoisotopic (exact) mass is 125 g/mol. The van der Waals surface area contributed by atoms with E-state index in [9.17, 15) is 0 Å². The maximum atomic E-state index is 4.78. The Balaban J connectivity index is 4.07. The summed E-state index contributed by atoms with van der Waals surface area (Å²) in [6.07, 6.45) is 1.54. The lowest BCUT2D eigenvalue weighted by Gasteiger charge is -1.95. The molecule has 0 heterocycles. The fourth-order valence-electron chi connectivity index (χ4n) is 0.363. The molecule has 0 aliphatic heterocycles. The van der Waals surface area contributed by atoms with Crippen LogP contribution in [0.1, 0.15) is 6.92 Å². The van der Waals surface area contributed by atoms with Crippen LogP contribution in [-0.2, 0) is 4.74 Å². The van der Waals surface area contributed by atoms with Gasteiger partial charge in [0, 0.05) is 5.70 Å². The van der Waals surface area contributed by atoms with Gasteiger partial charge in [0.1, 0.15) is 0 Å². The first-order valence-electron chi connectivity index (χ1n) is 2.61. The molecule has 0 atom stereocenters. The van der Waals surface area contributed by atoms with Crippen LogP contribution in [0.2, 0.25) is 0 Å². The summed E-state index contributed by atoms with van der Waals surface area (Å²) >= 11 is 0. The second kappa shape index (κ2) is 3.89. The first kappa shape index (κ1) is 7.95. The molecule has 0 aliphatic rings. The number of nitrogens with zero attached hydrogens (tertiary/aromatic N) is 1. The molecule has 0 unspecified atom stereocenters. The van der Waals surface area contributed by atoms with Gasteiger partial charge in [-0.15, -0.1) is 0 Å². The number of allylic oxidation sites excluding steroid dienone is 1. The van der Waals surface area contributed by atoms with Crippen molar-refractivity contribution in [2.75, 3.05) is 7.11 Å². The van der Waals surface area contributed by atoms with Gasteiger partial charge in [0.15, 0.2) is 0 Å². The summed E-state index contributed by atoms with van der Waals surface area (Å²) < 4.78 is 4.78. The number of aliphatic imine (C=N–C) groups is 1. The number of hydrogen-bond donors (Lipinski definition) is 0. The van der Waals surface area contributed by atoms with Crippen LogP contribution in [0.15, 0.2) is 29.9 Å². The van der Waals surface area contributed by atoms with Crippen LogP contribution in [0, 0.1) is 0 Å². The highest BCUT2D eigenvalue weighted by Gasteiger charge is 1.86. The molecular weight excluding hydrogens is 114 g/mol. The third-order valence-electron chi connectivity index (χ3n) is 0.685. The molecule has 0 saturated heterocycles. The Morgan fingerprint density at radius 3 is 2.33 bits per heavy atom. The molecule has 0 saturated carbocycles. The summed E-state index contributed by atoms with van der Waals surface area (Å²) in [6, 6.07) is 0. The lowest BCUT2D eigenvalue weighted by atomic mass is 10.5. The summed E-state index contributed by atoms with van der Waals surface area (Å²) in [6.45, 7) is 8.86. The Labute approximate surface area is 55.6 Å². The van der Waals surface area contributed by atoms with E-state index in [1.54, 1.807) is 14.0 Å². The molecule has 0 bridgehead atoms. The molecule has 0 rings (SSSR count). The molecule has 0 aromatic rings. The Kier molecular flexibility index (Phi) is 3.44. The van der Waals surface area contributed by atoms with Crippen LogP contribution < -0.4 is 0 Å². The van der Waals surface area contributed by atoms with Crippen molar-refractivity contribution >= 4 is 5.90 Å². The fraction of sp³-hybridized carbons (Fsp3) is 0.286. The Morgan fingerprint density at radius 2 is 2.22 bits per heavy atom. The lowest BCUT2D eigenvalue weighted by Crippen LogP contribution is -1.94. The van der Waals surface area contributed by atoms with E-state index >= 15 is 0 Å². The smallest absolute Gasteiger partial charge is 0.212 e. The molecule has 0 radical (unpaired) electrons. The number of hydrogen-bond acceptors (Lipinski definition) is 2. The quantitative estimate of drug-likeness (QED) is 0.407. The summed E-state index contributed by atoms with van der Waals surface area (Å²) in [5, 5.41) is 0. The minimum absolute atomic E-state index is 0.502. The van der Waals surface area contributed by atoms with Crippen molar-refractivity contribution in [3.8, 4) is 0 Å². The molecule has 2 nitrogen and oxygen atoms in total. The summed E-state index contributed by atoms with van der Waals surface area (Å²) in [5.74, 6) is 0.502. The molecule has 0 aromatic heterocycles. The normalized spacial score (nSPS) is 10.7. The van der Waals surface area contributed by atoms with E-state index in [4.69, 9.17) is 4.74 Å². The van der Waals surface area contributed by atoms with Gasteiger partial charge in [0.25, 0.3) is 0 Å². The highest BCUT2D eigenvalue weighted by Crippen LogP contribution is 1.91. The van der Waals surface area contributed by atoms with Gasteiger partial charge in [-0.05, 0) is 13.0 Å². The maximum Gasteiger partial charge on any atom is 0.212 e. The summed E-state index contributed by atoms with van der Waals surface area (Å²) in [7, 11) is 1.55. The van der Waals surface area contributed by atoms with E-state index in [0.717, 1.165) is 0 Å². The summed E-state index contributed by atoms with van der Waals surface area (Å²) in [4.78, 5) is 3.90. The Hall–Kier alpha value is -1.05. The van der Waals surface area contributed by atoms with Crippen molar-refractivity contribution in [3.63, 3.8) is 0 Å². The Bertz CT molecular complexity index is 147. The zero-order chi connectivity index (χ0) is 7.28. The van der Waals surface area contributed by atoms with Gasteiger partial charge in [-0.25, -0.2) is 4.99 Å². The van der Waals surface area contributed by atoms with E-state index in [1.165, 1.54) is 6.08 Å². The van der Waals surface area contributed by atoms with Crippen molar-refractivity contribution in [2.45, 2.75) is 6.92 Å². The van der Waals surface area contributed by atoms with Gasteiger partial charge >= 0.3 is 0 Å². The summed E-state index contributed by atoms with van der Waals surface area (Å²) in [5.41, 5.74) is 0.715. The molecule has 50 valence electrons. The number of rotatable bonds is 2. The van der Waals surface area contributed by atoms with Gasteiger partial charge in [0.05, 0.1) is 7.11 Å². The van der Waals surface area contributed by atoms with Gasteiger partial charge < -0.3 is 4.74 Å². The number of ether oxygens (including phenoxy) is 1. The molecule has 0 amide bonds. The molecule has 0 fully saturated rings. The highest BCUT2D eigenvalue weighted by molar-refractivity contribution is 5.87. The third-order valence-corrected chi connectivity index (χ3v) is 0.685. The molecule has 0 aromatic carbocycles. The average molecular weight is 125 g/mol. The van der Waals surface area contributed by atoms with E-state index in [1.807, 2.05) is 0 Å². The SMILES string of the molecule is C=CC(=NC(=C)C)OC. The zero-order valence-corrected chi connectivity index (χ0v) is 5.85. The zero-order valence-electron chi connectivity index (χ0n) is 5.85. The van der Waals surface area contributed by atoms with Crippen molar-refractivity contribution in [1.29, 1.82) is 0 Å². The van der Waals surface area contributed by atoms with Crippen molar-refractivity contribution in [2.24, 2.45) is 4.99 Å². The molecule has 0 aliphatic carbocycles. The van der Waals surface area contributed by atoms with Gasteiger partial charge in [-0.3, -0.25) is 0 Å². The number of methoxy groups -OCH3 is 1. The van der Waals surface area contributed by atoms with Crippen LogP contribution in [-0.4, -0.2) is 13.0 Å². The lowest BCUT2D eigenvalue weighted by molar-refractivity contribution is 0.406. The van der Waals surface area contributed by atoms with E-state index in [2.05, 4.69) is 18.2 Å². The van der Waals surface area contributed by atoms with Crippen molar-refractivity contribution < 1.29 is 4.74 Å². The molecule has 9 heavy (non-hydrogen) atoms. The topological polar surface area (TPSA) is 21.6 Å². The molecular formula is C7H11NO. The highest BCUT2D eigenvalue weighted by atomic mass is 16.5. The molecule has 0 spiro atoms. The van der Waals surface area contributed by atoms with Gasteiger partial charge in [-0.2, -0.15) is 0 Å². The molecule has 0 N–H and O–H groups in total.